The molecular formula is C18H15BrFIN2O. The van der Waals surface area contributed by atoms with Gasteiger partial charge in [0.2, 0.25) is 0 Å². The summed E-state index contributed by atoms with van der Waals surface area (Å²) in [6.45, 7) is 2.27. The van der Waals surface area contributed by atoms with Gasteiger partial charge in [0.1, 0.15) is 5.82 Å². The van der Waals surface area contributed by atoms with Crippen molar-refractivity contribution in [3.8, 4) is 0 Å². The van der Waals surface area contributed by atoms with Crippen molar-refractivity contribution in [2.75, 3.05) is 5.73 Å². The molecule has 0 spiro atoms. The lowest BCUT2D eigenvalue weighted by atomic mass is 10.1. The van der Waals surface area contributed by atoms with Crippen LogP contribution in [0, 0.1) is 12.7 Å². The number of halogens is 3. The molecule has 0 bridgehead atoms. The van der Waals surface area contributed by atoms with Gasteiger partial charge in [-0.25, -0.2) is 4.39 Å². The third-order valence-electron chi connectivity index (χ3n) is 4.10. The molecule has 0 radical (unpaired) electrons. The van der Waals surface area contributed by atoms with Crippen molar-refractivity contribution < 1.29 is 4.39 Å². The Kier molecular flexibility index (Phi) is 4.96. The zero-order chi connectivity index (χ0) is 17.4. The van der Waals surface area contributed by atoms with E-state index in [4.69, 9.17) is 5.73 Å². The van der Waals surface area contributed by atoms with E-state index < -0.39 is 0 Å². The number of pyridine rings is 1. The molecule has 2 N–H and O–H groups in total. The number of aromatic nitrogens is 1. The van der Waals surface area contributed by atoms with Crippen molar-refractivity contribution in [1.82, 2.24) is 4.57 Å². The number of benzene rings is 2. The van der Waals surface area contributed by atoms with E-state index in [1.54, 1.807) is 18.2 Å². The largest absolute Gasteiger partial charge is 0.396 e. The van der Waals surface area contributed by atoms with Crippen molar-refractivity contribution in [2.24, 2.45) is 0 Å². The average molecular weight is 501 g/mol. The lowest BCUT2D eigenvalue weighted by Gasteiger charge is -2.17. The summed E-state index contributed by atoms with van der Waals surface area (Å²) in [7, 11) is 0. The Hall–Kier alpha value is -1.41. The maximum atomic E-state index is 14.3. The number of aryl methyl sites for hydroxylation is 1. The van der Waals surface area contributed by atoms with Gasteiger partial charge in [-0.1, -0.05) is 50.7 Å². The highest BCUT2D eigenvalue weighted by molar-refractivity contribution is 14.1. The van der Waals surface area contributed by atoms with Crippen LogP contribution >= 0.6 is 38.5 Å². The Morgan fingerprint density at radius 1 is 1.21 bits per heavy atom. The highest BCUT2D eigenvalue weighted by Gasteiger charge is 2.13. The van der Waals surface area contributed by atoms with E-state index in [2.05, 4.69) is 38.5 Å². The summed E-state index contributed by atoms with van der Waals surface area (Å²) in [5, 5.41) is 0.631. The zero-order valence-corrected chi connectivity index (χ0v) is 16.7. The molecule has 2 aromatic carbocycles. The van der Waals surface area contributed by atoms with E-state index >= 15 is 0 Å². The van der Waals surface area contributed by atoms with Crippen LogP contribution < -0.4 is 11.2 Å². The smallest absolute Gasteiger partial charge is 0.189 e. The van der Waals surface area contributed by atoms with Gasteiger partial charge in [0.15, 0.2) is 5.43 Å². The van der Waals surface area contributed by atoms with Gasteiger partial charge in [0.05, 0.1) is 11.2 Å². The number of anilines is 1. The van der Waals surface area contributed by atoms with Crippen molar-refractivity contribution in [3.05, 3.63) is 73.7 Å². The Morgan fingerprint density at radius 2 is 1.92 bits per heavy atom. The minimum Gasteiger partial charge on any atom is -0.396 e. The quantitative estimate of drug-likeness (QED) is 0.319. The molecule has 3 aromatic rings. The summed E-state index contributed by atoms with van der Waals surface area (Å²) < 4.78 is 17.7. The van der Waals surface area contributed by atoms with Gasteiger partial charge in [-0.2, -0.15) is 0 Å². The predicted molar refractivity (Wildman–Crippen MR) is 108 cm³/mol. The first-order chi connectivity index (χ1) is 11.4. The molecule has 24 heavy (non-hydrogen) atoms. The Balaban J connectivity index is 2.19. The third kappa shape index (κ3) is 3.09. The fraction of sp³-hybridized carbons (Fsp3) is 0.167. The summed E-state index contributed by atoms with van der Waals surface area (Å²) >= 11 is 5.56. The molecule has 124 valence electrons. The molecule has 6 heteroatoms. The van der Waals surface area contributed by atoms with Gasteiger partial charge in [-0.05, 0) is 36.2 Å². The molecule has 0 aliphatic heterocycles. The Morgan fingerprint density at radius 3 is 2.62 bits per heavy atom. The van der Waals surface area contributed by atoms with Crippen LogP contribution in [0.5, 0.6) is 0 Å². The summed E-state index contributed by atoms with van der Waals surface area (Å²) in [6, 6.07) is 10.8. The number of rotatable bonds is 3. The van der Waals surface area contributed by atoms with Gasteiger partial charge in [-0.3, -0.25) is 4.79 Å². The van der Waals surface area contributed by atoms with Crippen LogP contribution in [0.25, 0.3) is 10.9 Å². The lowest BCUT2D eigenvalue weighted by Crippen LogP contribution is -2.14. The van der Waals surface area contributed by atoms with Crippen molar-refractivity contribution in [3.63, 3.8) is 0 Å². The SMILES string of the molecule is Cc1cc(=O)c2ccc(Br)cc2n1Cc1ccc(CI)c(F)c1N. The number of hydrogen-bond acceptors (Lipinski definition) is 2. The second-order valence-corrected chi connectivity index (χ2v) is 7.32. The molecule has 0 saturated carbocycles. The van der Waals surface area contributed by atoms with Crippen LogP contribution in [0.3, 0.4) is 0 Å². The summed E-state index contributed by atoms with van der Waals surface area (Å²) in [5.74, 6) is -0.355. The average Bonchev–Trinajstić information content (AvgIpc) is 2.55. The first-order valence-electron chi connectivity index (χ1n) is 7.33. The standard InChI is InChI=1S/C18H15BrFIN2O/c1-10-6-16(24)14-5-4-13(19)7-15(14)23(10)9-12-3-2-11(8-21)17(20)18(12)22/h2-7H,8-9,22H2,1H3. The van der Waals surface area contributed by atoms with Crippen LogP contribution in [0.2, 0.25) is 0 Å². The van der Waals surface area contributed by atoms with Crippen LogP contribution in [0.15, 0.2) is 45.7 Å². The van der Waals surface area contributed by atoms with E-state index in [-0.39, 0.29) is 16.9 Å². The molecule has 0 fully saturated rings. The van der Waals surface area contributed by atoms with Crippen molar-refractivity contribution in [2.45, 2.75) is 17.9 Å². The van der Waals surface area contributed by atoms with Crippen LogP contribution in [-0.2, 0) is 11.0 Å². The highest BCUT2D eigenvalue weighted by Crippen LogP contribution is 2.25. The maximum absolute atomic E-state index is 14.3. The second kappa shape index (κ2) is 6.84. The van der Waals surface area contributed by atoms with E-state index in [1.807, 2.05) is 29.7 Å². The van der Waals surface area contributed by atoms with E-state index in [0.717, 1.165) is 15.7 Å². The number of nitrogens with two attached hydrogens (primary N) is 1. The topological polar surface area (TPSA) is 48.0 Å². The molecule has 0 saturated heterocycles. The molecule has 1 heterocycles. The number of hydrogen-bond donors (Lipinski definition) is 1. The molecule has 3 rings (SSSR count). The van der Waals surface area contributed by atoms with Gasteiger partial charge in [-0.15, -0.1) is 0 Å². The van der Waals surface area contributed by atoms with Gasteiger partial charge >= 0.3 is 0 Å². The molecule has 0 amide bonds. The Bertz CT molecular complexity index is 1000. The number of fused-ring (bicyclic) bond motifs is 1. The van der Waals surface area contributed by atoms with Crippen molar-refractivity contribution in [1.29, 1.82) is 0 Å². The molecule has 0 atom stereocenters. The molecule has 0 aliphatic rings. The summed E-state index contributed by atoms with van der Waals surface area (Å²) in [4.78, 5) is 12.2. The zero-order valence-electron chi connectivity index (χ0n) is 12.9. The highest BCUT2D eigenvalue weighted by atomic mass is 127. The number of alkyl halides is 1. The molecule has 0 aliphatic carbocycles. The van der Waals surface area contributed by atoms with Crippen LogP contribution in [0.1, 0.15) is 16.8 Å². The predicted octanol–water partition coefficient (Wildman–Crippen LogP) is 4.78. The van der Waals surface area contributed by atoms with Crippen LogP contribution in [-0.4, -0.2) is 4.57 Å². The lowest BCUT2D eigenvalue weighted by molar-refractivity contribution is 0.619. The summed E-state index contributed by atoms with van der Waals surface area (Å²) in [5.41, 5.74) is 9.06. The fourth-order valence-electron chi connectivity index (χ4n) is 2.77. The minimum absolute atomic E-state index is 0.0225. The minimum atomic E-state index is -0.355. The van der Waals surface area contributed by atoms with E-state index in [0.29, 0.717) is 27.5 Å². The third-order valence-corrected chi connectivity index (χ3v) is 5.42. The summed E-state index contributed by atoms with van der Waals surface area (Å²) in [6.07, 6.45) is 0. The fourth-order valence-corrected chi connectivity index (χ4v) is 3.71. The van der Waals surface area contributed by atoms with Gasteiger partial charge in [0, 0.05) is 32.6 Å². The van der Waals surface area contributed by atoms with Gasteiger partial charge in [0.25, 0.3) is 0 Å². The normalized spacial score (nSPS) is 11.2. The molecule has 1 aromatic heterocycles. The second-order valence-electron chi connectivity index (χ2n) is 5.64. The Labute approximate surface area is 160 Å². The molecular weight excluding hydrogens is 486 g/mol. The number of nitrogens with zero attached hydrogens (tertiary/aromatic N) is 1. The van der Waals surface area contributed by atoms with Crippen molar-refractivity contribution >= 4 is 55.1 Å². The van der Waals surface area contributed by atoms with Crippen LogP contribution in [0.4, 0.5) is 10.1 Å². The molecule has 0 unspecified atom stereocenters. The monoisotopic (exact) mass is 500 g/mol. The maximum Gasteiger partial charge on any atom is 0.189 e. The van der Waals surface area contributed by atoms with Gasteiger partial charge < -0.3 is 10.3 Å². The van der Waals surface area contributed by atoms with E-state index in [1.165, 1.54) is 0 Å². The first kappa shape index (κ1) is 17.4. The number of nitrogen functional groups attached to an aromatic ring is 1. The first-order valence-corrected chi connectivity index (χ1v) is 9.65. The molecule has 3 nitrogen and oxygen atoms in total. The van der Waals surface area contributed by atoms with E-state index in [9.17, 15) is 9.18 Å².